The fraction of sp³-hybridized carbons (Fsp3) is 0.136. The summed E-state index contributed by atoms with van der Waals surface area (Å²) in [6.07, 6.45) is -0.453. The van der Waals surface area contributed by atoms with E-state index in [9.17, 15) is 4.79 Å². The Labute approximate surface area is 182 Å². The predicted octanol–water partition coefficient (Wildman–Crippen LogP) is 7.02. The van der Waals surface area contributed by atoms with Gasteiger partial charge in [0.25, 0.3) is 0 Å². The molecule has 1 atom stereocenters. The zero-order valence-corrected chi connectivity index (χ0v) is 18.3. The molecule has 0 saturated heterocycles. The summed E-state index contributed by atoms with van der Waals surface area (Å²) in [4.78, 5) is 11.9. The largest absolute Gasteiger partial charge is 0.480 e. The third-order valence-corrected chi connectivity index (χ3v) is 5.94. The SMILES string of the molecule is COC(=O)c1ccc(OC(c2ccc(Cl)cc2)c2ccccc2Cl)c(Br)c1C. The average molecular weight is 480 g/mol. The average Bonchev–Trinajstić information content (AvgIpc) is 2.70. The van der Waals surface area contributed by atoms with Crippen LogP contribution >= 0.6 is 39.1 Å². The van der Waals surface area contributed by atoms with Crippen molar-refractivity contribution >= 4 is 45.1 Å². The van der Waals surface area contributed by atoms with Crippen LogP contribution in [0.3, 0.4) is 0 Å². The van der Waals surface area contributed by atoms with Crippen LogP contribution in [0.1, 0.15) is 33.2 Å². The van der Waals surface area contributed by atoms with Crippen LogP contribution in [0, 0.1) is 6.92 Å². The minimum Gasteiger partial charge on any atom is -0.480 e. The minimum absolute atomic E-state index is 0.398. The molecule has 0 spiro atoms. The topological polar surface area (TPSA) is 35.5 Å². The Morgan fingerprint density at radius 1 is 1.00 bits per heavy atom. The van der Waals surface area contributed by atoms with E-state index in [-0.39, 0.29) is 0 Å². The van der Waals surface area contributed by atoms with Crippen LogP contribution in [0.25, 0.3) is 0 Å². The van der Waals surface area contributed by atoms with E-state index in [1.54, 1.807) is 12.1 Å². The lowest BCUT2D eigenvalue weighted by Crippen LogP contribution is -2.11. The van der Waals surface area contributed by atoms with Crippen molar-refractivity contribution in [3.05, 3.63) is 97.4 Å². The van der Waals surface area contributed by atoms with Gasteiger partial charge in [-0.1, -0.05) is 53.5 Å². The molecule has 1 unspecified atom stereocenters. The molecule has 3 aromatic carbocycles. The van der Waals surface area contributed by atoms with Crippen molar-refractivity contribution in [2.24, 2.45) is 0 Å². The van der Waals surface area contributed by atoms with E-state index in [1.165, 1.54) is 7.11 Å². The summed E-state index contributed by atoms with van der Waals surface area (Å²) in [6.45, 7) is 1.83. The van der Waals surface area contributed by atoms with Gasteiger partial charge in [-0.05, 0) is 64.3 Å². The zero-order chi connectivity index (χ0) is 20.3. The number of hydrogen-bond donors (Lipinski definition) is 0. The fourth-order valence-corrected chi connectivity index (χ4v) is 3.65. The van der Waals surface area contributed by atoms with Crippen molar-refractivity contribution < 1.29 is 14.3 Å². The summed E-state index contributed by atoms with van der Waals surface area (Å²) < 4.78 is 11.9. The van der Waals surface area contributed by atoms with Crippen LogP contribution in [-0.2, 0) is 4.74 Å². The number of benzene rings is 3. The van der Waals surface area contributed by atoms with Gasteiger partial charge in [0.05, 0.1) is 17.1 Å². The number of esters is 1. The molecule has 28 heavy (non-hydrogen) atoms. The van der Waals surface area contributed by atoms with Gasteiger partial charge < -0.3 is 9.47 Å². The van der Waals surface area contributed by atoms with Gasteiger partial charge in [-0.15, -0.1) is 0 Å². The van der Waals surface area contributed by atoms with E-state index < -0.39 is 12.1 Å². The second-order valence-corrected chi connectivity index (χ2v) is 7.75. The number of rotatable bonds is 5. The fourth-order valence-electron chi connectivity index (χ4n) is 2.85. The molecule has 0 amide bonds. The Kier molecular flexibility index (Phi) is 6.65. The van der Waals surface area contributed by atoms with Crippen LogP contribution in [0.5, 0.6) is 5.75 Å². The highest BCUT2D eigenvalue weighted by atomic mass is 79.9. The third kappa shape index (κ3) is 4.35. The maximum Gasteiger partial charge on any atom is 0.338 e. The van der Waals surface area contributed by atoms with E-state index in [0.29, 0.717) is 25.8 Å². The first kappa shape index (κ1) is 20.7. The van der Waals surface area contributed by atoms with Gasteiger partial charge in [0, 0.05) is 15.6 Å². The molecular formula is C22H17BrCl2O3. The summed E-state index contributed by atoms with van der Waals surface area (Å²) in [5.74, 6) is 0.190. The van der Waals surface area contributed by atoms with E-state index in [2.05, 4.69) is 15.9 Å². The Morgan fingerprint density at radius 3 is 2.32 bits per heavy atom. The molecule has 0 saturated carbocycles. The van der Waals surface area contributed by atoms with Crippen LogP contribution in [0.2, 0.25) is 10.0 Å². The number of hydrogen-bond acceptors (Lipinski definition) is 3. The van der Waals surface area contributed by atoms with Crippen LogP contribution in [0.4, 0.5) is 0 Å². The van der Waals surface area contributed by atoms with E-state index >= 15 is 0 Å². The first-order valence-electron chi connectivity index (χ1n) is 8.46. The second kappa shape index (κ2) is 8.99. The molecule has 0 heterocycles. The summed E-state index contributed by atoms with van der Waals surface area (Å²) in [5, 5.41) is 1.24. The smallest absolute Gasteiger partial charge is 0.338 e. The molecule has 3 aromatic rings. The standard InChI is InChI=1S/C22H17BrCl2O3/c1-13-16(22(26)27-2)11-12-19(20(13)23)28-21(14-7-9-15(24)10-8-14)17-5-3-4-6-18(17)25/h3-12,21H,1-2H3. The Hall–Kier alpha value is -2.01. The van der Waals surface area contributed by atoms with E-state index in [1.807, 2.05) is 55.5 Å². The number of carbonyl (C=O) groups excluding carboxylic acids is 1. The van der Waals surface area contributed by atoms with Gasteiger partial charge in [0.15, 0.2) is 6.10 Å². The van der Waals surface area contributed by atoms with Gasteiger partial charge >= 0.3 is 5.97 Å². The molecule has 6 heteroatoms. The summed E-state index contributed by atoms with van der Waals surface area (Å²) in [7, 11) is 1.36. The molecule has 3 nitrogen and oxygen atoms in total. The number of halogens is 3. The summed E-state index contributed by atoms with van der Waals surface area (Å²) in [5.41, 5.74) is 2.94. The monoisotopic (exact) mass is 478 g/mol. The molecule has 0 aliphatic carbocycles. The van der Waals surface area contributed by atoms with Gasteiger partial charge in [-0.25, -0.2) is 4.79 Å². The molecule has 0 bridgehead atoms. The third-order valence-electron chi connectivity index (χ3n) is 4.36. The maximum atomic E-state index is 11.9. The van der Waals surface area contributed by atoms with E-state index in [0.717, 1.165) is 16.7 Å². The van der Waals surface area contributed by atoms with Crippen molar-refractivity contribution in [1.29, 1.82) is 0 Å². The Balaban J connectivity index is 2.06. The lowest BCUT2D eigenvalue weighted by atomic mass is 10.0. The number of methoxy groups -OCH3 is 1. The van der Waals surface area contributed by atoms with Crippen molar-refractivity contribution in [2.75, 3.05) is 7.11 Å². The van der Waals surface area contributed by atoms with Crippen molar-refractivity contribution in [3.8, 4) is 5.75 Å². The van der Waals surface area contributed by atoms with Gasteiger partial charge in [-0.2, -0.15) is 0 Å². The normalized spacial score (nSPS) is 11.8. The van der Waals surface area contributed by atoms with Crippen molar-refractivity contribution in [3.63, 3.8) is 0 Å². The molecule has 0 N–H and O–H groups in total. The maximum absolute atomic E-state index is 11.9. The molecule has 0 radical (unpaired) electrons. The number of carbonyl (C=O) groups is 1. The molecule has 144 valence electrons. The zero-order valence-electron chi connectivity index (χ0n) is 15.2. The van der Waals surface area contributed by atoms with E-state index in [4.69, 9.17) is 32.7 Å². The first-order chi connectivity index (χ1) is 13.4. The summed E-state index contributed by atoms with van der Waals surface area (Å²) >= 11 is 16.0. The predicted molar refractivity (Wildman–Crippen MR) is 116 cm³/mol. The summed E-state index contributed by atoms with van der Waals surface area (Å²) in [6, 6.07) is 18.4. The van der Waals surface area contributed by atoms with Gasteiger partial charge in [-0.3, -0.25) is 0 Å². The second-order valence-electron chi connectivity index (χ2n) is 6.11. The highest BCUT2D eigenvalue weighted by molar-refractivity contribution is 9.10. The first-order valence-corrected chi connectivity index (χ1v) is 10.0. The van der Waals surface area contributed by atoms with Gasteiger partial charge in [0.2, 0.25) is 0 Å². The number of ether oxygens (including phenoxy) is 2. The molecule has 3 rings (SSSR count). The van der Waals surface area contributed by atoms with Crippen LogP contribution < -0.4 is 4.74 Å². The lowest BCUT2D eigenvalue weighted by molar-refractivity contribution is 0.0599. The molecular weight excluding hydrogens is 463 g/mol. The molecule has 0 aliphatic heterocycles. The van der Waals surface area contributed by atoms with Gasteiger partial charge in [0.1, 0.15) is 5.75 Å². The van der Waals surface area contributed by atoms with Crippen molar-refractivity contribution in [1.82, 2.24) is 0 Å². The molecule has 0 aliphatic rings. The quantitative estimate of drug-likeness (QED) is 0.369. The molecule has 0 aromatic heterocycles. The molecule has 0 fully saturated rings. The minimum atomic E-state index is -0.453. The Morgan fingerprint density at radius 2 is 1.68 bits per heavy atom. The van der Waals surface area contributed by atoms with Crippen LogP contribution in [-0.4, -0.2) is 13.1 Å². The highest BCUT2D eigenvalue weighted by Crippen LogP contribution is 2.38. The van der Waals surface area contributed by atoms with Crippen LogP contribution in [0.15, 0.2) is 65.1 Å². The van der Waals surface area contributed by atoms with Crippen molar-refractivity contribution in [2.45, 2.75) is 13.0 Å². The Bertz CT molecular complexity index is 1000. The highest BCUT2D eigenvalue weighted by Gasteiger charge is 2.22. The lowest BCUT2D eigenvalue weighted by Gasteiger charge is -2.23.